The van der Waals surface area contributed by atoms with Crippen molar-refractivity contribution in [2.24, 2.45) is 7.05 Å². The first kappa shape index (κ1) is 29.7. The van der Waals surface area contributed by atoms with Crippen LogP contribution in [0.5, 0.6) is 0 Å². The van der Waals surface area contributed by atoms with Crippen LogP contribution in [-0.2, 0) is 37.9 Å². The van der Waals surface area contributed by atoms with E-state index < -0.39 is 0 Å². The normalized spacial score (nSPS) is 19.3. The van der Waals surface area contributed by atoms with Gasteiger partial charge in [0.2, 0.25) is 11.8 Å². The van der Waals surface area contributed by atoms with Gasteiger partial charge in [-0.3, -0.25) is 9.59 Å². The predicted molar refractivity (Wildman–Crippen MR) is 170 cm³/mol. The molecule has 0 bridgehead atoms. The fourth-order valence-electron chi connectivity index (χ4n) is 6.47. The highest BCUT2D eigenvalue weighted by Crippen LogP contribution is 2.39. The molecule has 4 heterocycles. The SMILES string of the molecule is Cc1c(-c2nc3c(o2)CN(C(=O)CN[C@H]2C[C@@H](O)C2)C3)cccc1-c1cccc(NC(=O)c2nc3c(n2C)CCN(C)C3)c1Cl. The molecule has 3 aliphatic rings. The number of fused-ring (bicyclic) bond motifs is 2. The molecule has 1 saturated carbocycles. The zero-order valence-corrected chi connectivity index (χ0v) is 26.3. The lowest BCUT2D eigenvalue weighted by molar-refractivity contribution is -0.131. The molecular formula is C33H36ClN7O4. The van der Waals surface area contributed by atoms with E-state index in [0.29, 0.717) is 54.1 Å². The summed E-state index contributed by atoms with van der Waals surface area (Å²) in [6.07, 6.45) is 1.96. The number of aliphatic hydroxyl groups excluding tert-OH is 1. The largest absolute Gasteiger partial charge is 0.439 e. The molecule has 0 radical (unpaired) electrons. The Bertz CT molecular complexity index is 1780. The third-order valence-corrected chi connectivity index (χ3v) is 9.62. The van der Waals surface area contributed by atoms with Gasteiger partial charge in [0.1, 0.15) is 11.5 Å². The minimum absolute atomic E-state index is 0.0129. The molecule has 2 aromatic carbocycles. The maximum absolute atomic E-state index is 13.3. The number of benzene rings is 2. The second-order valence-corrected chi connectivity index (χ2v) is 12.7. The fraction of sp³-hybridized carbons (Fsp3) is 0.394. The van der Waals surface area contributed by atoms with Gasteiger partial charge in [0.05, 0.1) is 42.1 Å². The number of hydrogen-bond acceptors (Lipinski definition) is 8. The van der Waals surface area contributed by atoms with Crippen LogP contribution in [0.4, 0.5) is 5.69 Å². The number of likely N-dealkylation sites (N-methyl/N-ethyl adjacent to an activating group) is 1. The number of carbonyl (C=O) groups excluding carboxylic acids is 2. The molecule has 45 heavy (non-hydrogen) atoms. The summed E-state index contributed by atoms with van der Waals surface area (Å²) in [4.78, 5) is 39.4. The maximum Gasteiger partial charge on any atom is 0.291 e. The van der Waals surface area contributed by atoms with Gasteiger partial charge in [0.25, 0.3) is 5.91 Å². The highest BCUT2D eigenvalue weighted by molar-refractivity contribution is 6.36. The number of imidazole rings is 1. The number of amides is 2. The first-order chi connectivity index (χ1) is 21.7. The smallest absolute Gasteiger partial charge is 0.291 e. The van der Waals surface area contributed by atoms with Crippen molar-refractivity contribution in [3.8, 4) is 22.6 Å². The van der Waals surface area contributed by atoms with Crippen LogP contribution in [0.3, 0.4) is 0 Å². The molecular weight excluding hydrogens is 594 g/mol. The molecule has 0 saturated heterocycles. The van der Waals surface area contributed by atoms with E-state index in [0.717, 1.165) is 58.8 Å². The minimum Gasteiger partial charge on any atom is -0.439 e. The van der Waals surface area contributed by atoms with Crippen molar-refractivity contribution >= 4 is 29.1 Å². The van der Waals surface area contributed by atoms with Crippen molar-refractivity contribution in [3.63, 3.8) is 0 Å². The fourth-order valence-corrected chi connectivity index (χ4v) is 6.74. The monoisotopic (exact) mass is 629 g/mol. The number of aromatic nitrogens is 3. The van der Waals surface area contributed by atoms with Crippen molar-refractivity contribution in [2.75, 3.05) is 25.5 Å². The summed E-state index contributed by atoms with van der Waals surface area (Å²) >= 11 is 6.93. The lowest BCUT2D eigenvalue weighted by atomic mass is 9.89. The van der Waals surface area contributed by atoms with E-state index in [1.54, 1.807) is 11.0 Å². The lowest BCUT2D eigenvalue weighted by Gasteiger charge is -2.32. The Kier molecular flexibility index (Phi) is 7.73. The topological polar surface area (TPSA) is 129 Å². The van der Waals surface area contributed by atoms with Crippen LogP contribution in [0.2, 0.25) is 5.02 Å². The molecule has 0 atom stereocenters. The third kappa shape index (κ3) is 5.54. The maximum atomic E-state index is 13.3. The lowest BCUT2D eigenvalue weighted by Crippen LogP contribution is -2.47. The molecule has 234 valence electrons. The molecule has 0 unspecified atom stereocenters. The Balaban J connectivity index is 1.08. The van der Waals surface area contributed by atoms with Crippen LogP contribution in [0, 0.1) is 6.92 Å². The average Bonchev–Trinajstić information content (AvgIpc) is 3.68. The van der Waals surface area contributed by atoms with Crippen LogP contribution in [0.25, 0.3) is 22.6 Å². The van der Waals surface area contributed by atoms with E-state index in [4.69, 9.17) is 21.0 Å². The Hall–Kier alpha value is -4.03. The summed E-state index contributed by atoms with van der Waals surface area (Å²) in [5.41, 5.74) is 6.72. The van der Waals surface area contributed by atoms with Crippen molar-refractivity contribution in [1.82, 2.24) is 29.7 Å². The zero-order valence-electron chi connectivity index (χ0n) is 25.6. The van der Waals surface area contributed by atoms with E-state index in [2.05, 4.69) is 27.6 Å². The van der Waals surface area contributed by atoms with E-state index in [-0.39, 0.29) is 30.5 Å². The van der Waals surface area contributed by atoms with Gasteiger partial charge in [0.15, 0.2) is 5.82 Å². The average molecular weight is 630 g/mol. The standard InChI is InChI=1S/C33H36ClN7O4/c1-18-21(23-8-5-9-24(30(23)34)37-32(44)31-36-25-15-39(2)11-10-27(25)40(31)3)6-4-7-22(18)33-38-26-16-41(17-28(26)45-33)29(43)14-35-19-12-20(42)13-19/h4-9,19-20,35,42H,10-17H2,1-3H3,(H,37,44)/t19-,20+. The van der Waals surface area contributed by atoms with Gasteiger partial charge in [-0.05, 0) is 50.1 Å². The molecule has 2 aliphatic heterocycles. The van der Waals surface area contributed by atoms with Crippen molar-refractivity contribution in [3.05, 3.63) is 75.7 Å². The van der Waals surface area contributed by atoms with E-state index in [1.165, 1.54) is 0 Å². The molecule has 1 fully saturated rings. The summed E-state index contributed by atoms with van der Waals surface area (Å²) in [7, 11) is 3.93. The van der Waals surface area contributed by atoms with Crippen LogP contribution >= 0.6 is 11.6 Å². The number of halogens is 1. The Labute approximate surface area is 266 Å². The first-order valence-electron chi connectivity index (χ1n) is 15.3. The number of nitrogens with one attached hydrogen (secondary N) is 2. The molecule has 2 amide bonds. The summed E-state index contributed by atoms with van der Waals surface area (Å²) < 4.78 is 8.06. The molecule has 3 N–H and O–H groups in total. The van der Waals surface area contributed by atoms with E-state index >= 15 is 0 Å². The van der Waals surface area contributed by atoms with E-state index in [9.17, 15) is 14.7 Å². The van der Waals surface area contributed by atoms with Crippen LogP contribution in [-0.4, -0.2) is 73.5 Å². The van der Waals surface area contributed by atoms with Crippen LogP contribution < -0.4 is 10.6 Å². The molecule has 7 rings (SSSR count). The van der Waals surface area contributed by atoms with Crippen molar-refractivity contribution in [1.29, 1.82) is 0 Å². The van der Waals surface area contributed by atoms with Gasteiger partial charge in [-0.2, -0.15) is 0 Å². The Morgan fingerprint density at radius 3 is 2.56 bits per heavy atom. The third-order valence-electron chi connectivity index (χ3n) is 9.21. The van der Waals surface area contributed by atoms with Gasteiger partial charge >= 0.3 is 0 Å². The van der Waals surface area contributed by atoms with Gasteiger partial charge in [-0.15, -0.1) is 0 Å². The van der Waals surface area contributed by atoms with Gasteiger partial charge < -0.3 is 34.5 Å². The molecule has 11 nitrogen and oxygen atoms in total. The number of nitrogens with zero attached hydrogens (tertiary/aromatic N) is 5. The number of anilines is 1. The van der Waals surface area contributed by atoms with E-state index in [1.807, 2.05) is 48.9 Å². The highest BCUT2D eigenvalue weighted by atomic mass is 35.5. The number of aliphatic hydroxyl groups is 1. The number of rotatable bonds is 7. The number of carbonyl (C=O) groups is 2. The van der Waals surface area contributed by atoms with Crippen molar-refractivity contribution in [2.45, 2.75) is 58.0 Å². The second kappa shape index (κ2) is 11.7. The van der Waals surface area contributed by atoms with Gasteiger partial charge in [-0.1, -0.05) is 35.9 Å². The Morgan fingerprint density at radius 2 is 1.78 bits per heavy atom. The van der Waals surface area contributed by atoms with Crippen molar-refractivity contribution < 1.29 is 19.1 Å². The zero-order chi connectivity index (χ0) is 31.4. The van der Waals surface area contributed by atoms with Crippen LogP contribution in [0.15, 0.2) is 40.8 Å². The quantitative estimate of drug-likeness (QED) is 0.281. The minimum atomic E-state index is -0.307. The van der Waals surface area contributed by atoms with Gasteiger partial charge in [0, 0.05) is 49.4 Å². The Morgan fingerprint density at radius 1 is 1.02 bits per heavy atom. The number of hydrogen-bond donors (Lipinski definition) is 3. The number of oxazole rings is 1. The summed E-state index contributed by atoms with van der Waals surface area (Å²) in [6, 6.07) is 11.7. The highest BCUT2D eigenvalue weighted by Gasteiger charge is 2.32. The molecule has 0 spiro atoms. The first-order valence-corrected chi connectivity index (χ1v) is 15.6. The van der Waals surface area contributed by atoms with Gasteiger partial charge in [-0.25, -0.2) is 9.97 Å². The summed E-state index contributed by atoms with van der Waals surface area (Å²) in [6.45, 7) is 4.65. The molecule has 2 aromatic heterocycles. The second-order valence-electron chi connectivity index (χ2n) is 12.3. The molecule has 12 heteroatoms. The predicted octanol–water partition coefficient (Wildman–Crippen LogP) is 3.90. The summed E-state index contributed by atoms with van der Waals surface area (Å²) in [5.74, 6) is 1.23. The summed E-state index contributed by atoms with van der Waals surface area (Å²) in [5, 5.41) is 16.1. The molecule has 1 aliphatic carbocycles. The molecule has 4 aromatic rings. The van der Waals surface area contributed by atoms with Crippen LogP contribution in [0.1, 0.15) is 51.9 Å².